The lowest BCUT2D eigenvalue weighted by molar-refractivity contribution is -0.143. The molecule has 0 saturated carbocycles. The summed E-state index contributed by atoms with van der Waals surface area (Å²) in [4.78, 5) is 16.2. The number of alkyl halides is 7. The third-order valence-electron chi connectivity index (χ3n) is 4.08. The molecule has 160 valence electrons. The van der Waals surface area contributed by atoms with Gasteiger partial charge in [-0.1, -0.05) is 29.8 Å². The van der Waals surface area contributed by atoms with Crippen LogP contribution in [0.5, 0.6) is 0 Å². The fraction of sp³-hybridized carbons (Fsp3) is 0.222. The Hall–Kier alpha value is -2.37. The van der Waals surface area contributed by atoms with Gasteiger partial charge in [-0.2, -0.15) is 26.3 Å². The van der Waals surface area contributed by atoms with Gasteiger partial charge in [0.15, 0.2) is 10.2 Å². The summed E-state index contributed by atoms with van der Waals surface area (Å²) in [6, 6.07) is 1.10. The Balaban J connectivity index is 1.90. The lowest BCUT2D eigenvalue weighted by Crippen LogP contribution is -2.38. The zero-order valence-electron chi connectivity index (χ0n) is 14.6. The van der Waals surface area contributed by atoms with Crippen LogP contribution < -0.4 is 5.32 Å². The molecule has 2 aromatic rings. The second kappa shape index (κ2) is 7.71. The summed E-state index contributed by atoms with van der Waals surface area (Å²) in [6.45, 7) is 0. The Labute approximate surface area is 174 Å². The number of nitrogens with zero attached hydrogens (tertiary/aromatic N) is 1. The van der Waals surface area contributed by atoms with E-state index in [-0.39, 0.29) is 16.9 Å². The molecule has 1 heterocycles. The molecule has 3 rings (SSSR count). The molecule has 1 aromatic carbocycles. The van der Waals surface area contributed by atoms with E-state index in [1.807, 2.05) is 0 Å². The fourth-order valence-electron chi connectivity index (χ4n) is 2.63. The van der Waals surface area contributed by atoms with Crippen molar-refractivity contribution in [3.8, 4) is 11.3 Å². The van der Waals surface area contributed by atoms with E-state index in [0.717, 1.165) is 11.3 Å². The molecule has 2 atom stereocenters. The fourth-order valence-corrected chi connectivity index (χ4v) is 3.59. The Bertz CT molecular complexity index is 994. The van der Waals surface area contributed by atoms with Crippen molar-refractivity contribution < 1.29 is 36.2 Å². The Morgan fingerprint density at radius 2 is 1.70 bits per heavy atom. The number of nitrogens with one attached hydrogen (secondary N) is 1. The maximum absolute atomic E-state index is 13.0. The van der Waals surface area contributed by atoms with Crippen LogP contribution in [0.15, 0.2) is 47.9 Å². The molecule has 1 amide bonds. The number of hydrogen-bond donors (Lipinski definition) is 2. The first kappa shape index (κ1) is 22.3. The van der Waals surface area contributed by atoms with Crippen molar-refractivity contribution in [3.63, 3.8) is 0 Å². The van der Waals surface area contributed by atoms with Gasteiger partial charge in [-0.05, 0) is 24.3 Å². The number of aromatic nitrogens is 1. The number of allylic oxidation sites excluding steroid dienone is 2. The van der Waals surface area contributed by atoms with Gasteiger partial charge in [0.2, 0.25) is 5.91 Å². The molecule has 0 spiro atoms. The molecule has 0 aliphatic heterocycles. The Morgan fingerprint density at radius 3 is 2.23 bits per heavy atom. The Kier molecular flexibility index (Phi) is 5.74. The molecule has 0 radical (unpaired) electrons. The predicted octanol–water partition coefficient (Wildman–Crippen LogP) is 5.46. The minimum Gasteiger partial charge on any atom is -0.370 e. The topological polar surface area (TPSA) is 62.2 Å². The van der Waals surface area contributed by atoms with Crippen molar-refractivity contribution in [1.82, 2.24) is 4.98 Å². The number of thiazole rings is 1. The van der Waals surface area contributed by atoms with Gasteiger partial charge in [-0.15, -0.1) is 11.3 Å². The number of hydrogen-bond acceptors (Lipinski definition) is 4. The third kappa shape index (κ3) is 4.85. The summed E-state index contributed by atoms with van der Waals surface area (Å²) in [5, 5.41) is 11.5. The van der Waals surface area contributed by atoms with E-state index in [4.69, 9.17) is 11.6 Å². The second-order valence-electron chi connectivity index (χ2n) is 6.27. The highest BCUT2D eigenvalue weighted by atomic mass is 35.5. The molecule has 4 nitrogen and oxygen atoms in total. The molecule has 2 N–H and O–H groups in total. The van der Waals surface area contributed by atoms with Crippen LogP contribution in [0.4, 0.5) is 31.5 Å². The lowest BCUT2D eigenvalue weighted by Gasteiger charge is -2.25. The highest BCUT2D eigenvalue weighted by molar-refractivity contribution is 7.14. The smallest absolute Gasteiger partial charge is 0.370 e. The number of aliphatic hydroxyl groups is 1. The largest absolute Gasteiger partial charge is 0.416 e. The van der Waals surface area contributed by atoms with Gasteiger partial charge in [0.1, 0.15) is 5.92 Å². The first-order chi connectivity index (χ1) is 13.8. The zero-order chi connectivity index (χ0) is 22.3. The van der Waals surface area contributed by atoms with Crippen molar-refractivity contribution >= 4 is 34.0 Å². The molecular formula is C18H11ClF6N2O2S. The SMILES string of the molecule is O=C(Nc1nc(-c2cc(C(F)(F)F)cc(C(F)(F)F)c2)cs1)C1C=CC=CC1(O)Cl. The highest BCUT2D eigenvalue weighted by Crippen LogP contribution is 2.39. The summed E-state index contributed by atoms with van der Waals surface area (Å²) in [7, 11) is 0. The van der Waals surface area contributed by atoms with Crippen LogP contribution in [0, 0.1) is 5.92 Å². The van der Waals surface area contributed by atoms with Crippen LogP contribution in [0.1, 0.15) is 11.1 Å². The Morgan fingerprint density at radius 1 is 1.10 bits per heavy atom. The van der Waals surface area contributed by atoms with Gasteiger partial charge in [-0.3, -0.25) is 4.79 Å². The van der Waals surface area contributed by atoms with Crippen molar-refractivity contribution in [2.24, 2.45) is 5.92 Å². The minimum absolute atomic E-state index is 0.0167. The number of halogens is 7. The second-order valence-corrected chi connectivity index (χ2v) is 7.73. The number of anilines is 1. The molecule has 0 bridgehead atoms. The number of carbonyl (C=O) groups excluding carboxylic acids is 1. The van der Waals surface area contributed by atoms with Crippen LogP contribution in [0.3, 0.4) is 0 Å². The quantitative estimate of drug-likeness (QED) is 0.465. The third-order valence-corrected chi connectivity index (χ3v) is 5.20. The zero-order valence-corrected chi connectivity index (χ0v) is 16.1. The van der Waals surface area contributed by atoms with Gasteiger partial charge >= 0.3 is 12.4 Å². The summed E-state index contributed by atoms with van der Waals surface area (Å²) in [5.74, 6) is -1.93. The van der Waals surface area contributed by atoms with Crippen LogP contribution in [0.2, 0.25) is 0 Å². The van der Waals surface area contributed by atoms with Gasteiger partial charge in [0.05, 0.1) is 16.8 Å². The molecule has 12 heteroatoms. The van der Waals surface area contributed by atoms with Crippen molar-refractivity contribution in [3.05, 3.63) is 59.0 Å². The first-order valence-corrected chi connectivity index (χ1v) is 9.37. The van der Waals surface area contributed by atoms with E-state index in [1.54, 1.807) is 0 Å². The molecule has 30 heavy (non-hydrogen) atoms. The van der Waals surface area contributed by atoms with Crippen LogP contribution in [-0.2, 0) is 17.1 Å². The van der Waals surface area contributed by atoms with E-state index >= 15 is 0 Å². The van der Waals surface area contributed by atoms with E-state index in [9.17, 15) is 36.2 Å². The summed E-state index contributed by atoms with van der Waals surface area (Å²) in [5.41, 5.74) is -3.55. The number of amides is 1. The molecule has 0 saturated heterocycles. The van der Waals surface area contributed by atoms with Crippen molar-refractivity contribution in [2.45, 2.75) is 17.4 Å². The summed E-state index contributed by atoms with van der Waals surface area (Å²) >= 11 is 6.64. The number of benzene rings is 1. The average molecular weight is 469 g/mol. The number of rotatable bonds is 3. The van der Waals surface area contributed by atoms with E-state index < -0.39 is 45.9 Å². The maximum Gasteiger partial charge on any atom is 0.416 e. The number of carbonyl (C=O) groups is 1. The van der Waals surface area contributed by atoms with Gasteiger partial charge in [-0.25, -0.2) is 4.98 Å². The van der Waals surface area contributed by atoms with Gasteiger partial charge in [0.25, 0.3) is 0 Å². The van der Waals surface area contributed by atoms with Crippen LogP contribution in [-0.4, -0.2) is 21.1 Å². The average Bonchev–Trinajstić information content (AvgIpc) is 3.08. The van der Waals surface area contributed by atoms with Crippen molar-refractivity contribution in [2.75, 3.05) is 5.32 Å². The molecule has 1 aromatic heterocycles. The van der Waals surface area contributed by atoms with Crippen molar-refractivity contribution in [1.29, 1.82) is 0 Å². The van der Waals surface area contributed by atoms with Gasteiger partial charge < -0.3 is 10.4 Å². The first-order valence-electron chi connectivity index (χ1n) is 8.11. The van der Waals surface area contributed by atoms with Crippen LogP contribution in [0.25, 0.3) is 11.3 Å². The van der Waals surface area contributed by atoms with E-state index in [2.05, 4.69) is 10.3 Å². The molecular weight excluding hydrogens is 458 g/mol. The monoisotopic (exact) mass is 468 g/mol. The lowest BCUT2D eigenvalue weighted by atomic mass is 9.96. The normalized spacial score (nSPS) is 21.7. The molecule has 0 fully saturated rings. The minimum atomic E-state index is -4.99. The van der Waals surface area contributed by atoms with E-state index in [0.29, 0.717) is 12.1 Å². The summed E-state index contributed by atoms with van der Waals surface area (Å²) < 4.78 is 78.1. The maximum atomic E-state index is 13.0. The molecule has 1 aliphatic carbocycles. The predicted molar refractivity (Wildman–Crippen MR) is 98.8 cm³/mol. The summed E-state index contributed by atoms with van der Waals surface area (Å²) in [6.07, 6.45) is -4.55. The molecule has 1 aliphatic rings. The molecule has 2 unspecified atom stereocenters. The standard InChI is InChI=1S/C18H11ClF6N2O2S/c19-16(29)4-2-1-3-12(16)14(28)27-15-26-13(8-30-15)9-5-10(17(20,21)22)7-11(6-9)18(23,24)25/h1-8,12,29H,(H,26,27,28). The highest BCUT2D eigenvalue weighted by Gasteiger charge is 2.38. The van der Waals surface area contributed by atoms with Crippen LogP contribution >= 0.6 is 22.9 Å². The van der Waals surface area contributed by atoms with E-state index in [1.165, 1.54) is 29.7 Å². The van der Waals surface area contributed by atoms with Gasteiger partial charge in [0, 0.05) is 10.9 Å².